The van der Waals surface area contributed by atoms with Gasteiger partial charge in [0.2, 0.25) is 5.91 Å². The molecule has 26 heavy (non-hydrogen) atoms. The number of thioether (sulfide) groups is 1. The lowest BCUT2D eigenvalue weighted by molar-refractivity contribution is -0.124. The van der Waals surface area contributed by atoms with Gasteiger partial charge in [-0.25, -0.2) is 0 Å². The number of amides is 2. The van der Waals surface area contributed by atoms with Crippen LogP contribution in [0.3, 0.4) is 0 Å². The summed E-state index contributed by atoms with van der Waals surface area (Å²) in [4.78, 5) is 30.8. The molecule has 2 aliphatic heterocycles. The molecule has 3 rings (SSSR count). The third kappa shape index (κ3) is 4.81. The van der Waals surface area contributed by atoms with Gasteiger partial charge in [-0.05, 0) is 49.7 Å². The Bertz CT molecular complexity index is 600. The molecule has 5 nitrogen and oxygen atoms in total. The van der Waals surface area contributed by atoms with Crippen LogP contribution < -0.4 is 5.32 Å². The van der Waals surface area contributed by atoms with Gasteiger partial charge in [0.1, 0.15) is 6.04 Å². The molecule has 144 valence electrons. The first-order valence-corrected chi connectivity index (χ1v) is 11.5. The predicted molar refractivity (Wildman–Crippen MR) is 109 cm³/mol. The zero-order valence-corrected chi connectivity index (χ0v) is 17.3. The number of hydrogen-bond donors (Lipinski definition) is 1. The maximum atomic E-state index is 13.0. The molecule has 2 saturated heterocycles. The van der Waals surface area contributed by atoms with Crippen molar-refractivity contribution >= 4 is 34.9 Å². The van der Waals surface area contributed by atoms with E-state index < -0.39 is 0 Å². The van der Waals surface area contributed by atoms with Crippen LogP contribution in [0.4, 0.5) is 0 Å². The quantitative estimate of drug-likeness (QED) is 0.771. The zero-order valence-electron chi connectivity index (χ0n) is 15.6. The van der Waals surface area contributed by atoms with E-state index in [4.69, 9.17) is 0 Å². The number of rotatable bonds is 7. The van der Waals surface area contributed by atoms with Crippen LogP contribution in [0.2, 0.25) is 0 Å². The summed E-state index contributed by atoms with van der Waals surface area (Å²) in [5, 5.41) is 5.07. The van der Waals surface area contributed by atoms with E-state index in [1.165, 1.54) is 24.2 Å². The standard InChI is InChI=1S/C19H29N3O2S2/c1-14(2)12-17-22(19(24)16-6-5-11-25-16)15(13-26-17)18(23)20-7-10-21-8-3-4-9-21/h5-6,11,14-15,17H,3-4,7-10,12-13H2,1-2H3,(H,20,23). The highest BCUT2D eigenvalue weighted by Gasteiger charge is 2.42. The lowest BCUT2D eigenvalue weighted by Crippen LogP contribution is -2.50. The third-order valence-electron chi connectivity index (χ3n) is 4.96. The van der Waals surface area contributed by atoms with Crippen LogP contribution in [0.25, 0.3) is 0 Å². The fraction of sp³-hybridized carbons (Fsp3) is 0.684. The number of thiophene rings is 1. The molecular formula is C19H29N3O2S2. The molecule has 2 amide bonds. The molecule has 2 fully saturated rings. The highest BCUT2D eigenvalue weighted by molar-refractivity contribution is 8.00. The Morgan fingerprint density at radius 2 is 2.08 bits per heavy atom. The highest BCUT2D eigenvalue weighted by atomic mass is 32.2. The molecule has 1 aromatic heterocycles. The monoisotopic (exact) mass is 395 g/mol. The summed E-state index contributed by atoms with van der Waals surface area (Å²) >= 11 is 3.19. The van der Waals surface area contributed by atoms with Crippen molar-refractivity contribution in [2.24, 2.45) is 5.92 Å². The summed E-state index contributed by atoms with van der Waals surface area (Å²) in [5.74, 6) is 1.16. The van der Waals surface area contributed by atoms with Gasteiger partial charge < -0.3 is 15.1 Å². The van der Waals surface area contributed by atoms with E-state index in [0.717, 1.165) is 30.9 Å². The highest BCUT2D eigenvalue weighted by Crippen LogP contribution is 2.35. The van der Waals surface area contributed by atoms with Crippen molar-refractivity contribution in [1.82, 2.24) is 15.1 Å². The molecule has 0 saturated carbocycles. The van der Waals surface area contributed by atoms with Crippen LogP contribution in [0.5, 0.6) is 0 Å². The Balaban J connectivity index is 1.63. The van der Waals surface area contributed by atoms with Crippen molar-refractivity contribution in [3.8, 4) is 0 Å². The number of hydrogen-bond acceptors (Lipinski definition) is 5. The number of nitrogens with zero attached hydrogens (tertiary/aromatic N) is 2. The van der Waals surface area contributed by atoms with Crippen LogP contribution in [0.1, 0.15) is 42.8 Å². The topological polar surface area (TPSA) is 52.7 Å². The number of carbonyl (C=O) groups is 2. The Morgan fingerprint density at radius 1 is 1.31 bits per heavy atom. The summed E-state index contributed by atoms with van der Waals surface area (Å²) in [5.41, 5.74) is 0. The number of nitrogens with one attached hydrogen (secondary N) is 1. The van der Waals surface area contributed by atoms with E-state index in [2.05, 4.69) is 24.1 Å². The van der Waals surface area contributed by atoms with Crippen molar-refractivity contribution in [3.63, 3.8) is 0 Å². The minimum absolute atomic E-state index is 0.00431. The second kappa shape index (κ2) is 9.24. The van der Waals surface area contributed by atoms with E-state index >= 15 is 0 Å². The number of likely N-dealkylation sites (tertiary alicyclic amines) is 1. The third-order valence-corrected chi connectivity index (χ3v) is 7.13. The first-order chi connectivity index (χ1) is 12.6. The zero-order chi connectivity index (χ0) is 18.5. The lowest BCUT2D eigenvalue weighted by Gasteiger charge is -2.29. The van der Waals surface area contributed by atoms with Gasteiger partial charge in [0.25, 0.3) is 5.91 Å². The van der Waals surface area contributed by atoms with Crippen LogP contribution in [0.15, 0.2) is 17.5 Å². The van der Waals surface area contributed by atoms with Gasteiger partial charge in [-0.2, -0.15) is 0 Å². The smallest absolute Gasteiger partial charge is 0.265 e. The lowest BCUT2D eigenvalue weighted by atomic mass is 10.1. The first kappa shape index (κ1) is 19.7. The molecule has 0 aromatic carbocycles. The van der Waals surface area contributed by atoms with Crippen LogP contribution in [-0.4, -0.2) is 65.0 Å². The Labute approximate surface area is 164 Å². The van der Waals surface area contributed by atoms with Crippen molar-refractivity contribution in [2.75, 3.05) is 31.9 Å². The Hall–Kier alpha value is -1.05. The van der Waals surface area contributed by atoms with E-state index in [9.17, 15) is 9.59 Å². The summed E-state index contributed by atoms with van der Waals surface area (Å²) in [6.45, 7) is 8.16. The van der Waals surface area contributed by atoms with Crippen molar-refractivity contribution < 1.29 is 9.59 Å². The van der Waals surface area contributed by atoms with Gasteiger partial charge in [-0.15, -0.1) is 23.1 Å². The Kier molecular flexibility index (Phi) is 7.00. The summed E-state index contributed by atoms with van der Waals surface area (Å²) < 4.78 is 0. The van der Waals surface area contributed by atoms with Crippen molar-refractivity contribution in [1.29, 1.82) is 0 Å². The van der Waals surface area contributed by atoms with Gasteiger partial charge in [-0.3, -0.25) is 9.59 Å². The van der Waals surface area contributed by atoms with Crippen LogP contribution >= 0.6 is 23.1 Å². The van der Waals surface area contributed by atoms with Crippen molar-refractivity contribution in [3.05, 3.63) is 22.4 Å². The molecule has 3 heterocycles. The SMILES string of the molecule is CC(C)CC1SCC(C(=O)NCCN2CCCC2)N1C(=O)c1cccs1. The van der Waals surface area contributed by atoms with E-state index in [1.807, 2.05) is 22.4 Å². The normalized spacial score (nSPS) is 23.7. The number of carbonyl (C=O) groups excluding carboxylic acids is 2. The summed E-state index contributed by atoms with van der Waals surface area (Å²) in [6, 6.07) is 3.38. The molecule has 1 aromatic rings. The van der Waals surface area contributed by atoms with Gasteiger partial charge >= 0.3 is 0 Å². The average molecular weight is 396 g/mol. The largest absolute Gasteiger partial charge is 0.353 e. The van der Waals surface area contributed by atoms with Crippen LogP contribution in [-0.2, 0) is 4.79 Å². The van der Waals surface area contributed by atoms with Gasteiger partial charge in [0.05, 0.1) is 10.3 Å². The molecule has 1 N–H and O–H groups in total. The maximum Gasteiger partial charge on any atom is 0.265 e. The fourth-order valence-corrected chi connectivity index (χ4v) is 5.92. The molecule has 0 spiro atoms. The summed E-state index contributed by atoms with van der Waals surface area (Å²) in [6.07, 6.45) is 3.43. The molecule has 2 unspecified atom stereocenters. The maximum absolute atomic E-state index is 13.0. The molecule has 7 heteroatoms. The Morgan fingerprint density at radius 3 is 2.73 bits per heavy atom. The van der Waals surface area contributed by atoms with E-state index in [-0.39, 0.29) is 23.2 Å². The summed E-state index contributed by atoms with van der Waals surface area (Å²) in [7, 11) is 0. The second-order valence-electron chi connectivity index (χ2n) is 7.46. The molecular weight excluding hydrogens is 366 g/mol. The van der Waals surface area contributed by atoms with E-state index in [1.54, 1.807) is 11.8 Å². The molecule has 2 aliphatic rings. The van der Waals surface area contributed by atoms with Gasteiger partial charge in [-0.1, -0.05) is 19.9 Å². The second-order valence-corrected chi connectivity index (χ2v) is 9.62. The van der Waals surface area contributed by atoms with Crippen molar-refractivity contribution in [2.45, 2.75) is 44.5 Å². The fourth-order valence-electron chi connectivity index (χ4n) is 3.61. The molecule has 0 bridgehead atoms. The minimum Gasteiger partial charge on any atom is -0.353 e. The van der Waals surface area contributed by atoms with Gasteiger partial charge in [0.15, 0.2) is 0 Å². The van der Waals surface area contributed by atoms with Gasteiger partial charge in [0, 0.05) is 18.8 Å². The average Bonchev–Trinajstić information content (AvgIpc) is 3.35. The molecule has 0 aliphatic carbocycles. The molecule has 2 atom stereocenters. The first-order valence-electron chi connectivity index (χ1n) is 9.54. The molecule has 0 radical (unpaired) electrons. The van der Waals surface area contributed by atoms with E-state index in [0.29, 0.717) is 18.2 Å². The minimum atomic E-state index is -0.364. The van der Waals surface area contributed by atoms with Crippen LogP contribution in [0, 0.1) is 5.92 Å². The predicted octanol–water partition coefficient (Wildman–Crippen LogP) is 2.89.